The van der Waals surface area contributed by atoms with Crippen LogP contribution in [0.15, 0.2) is 18.2 Å². The number of rotatable bonds is 8. The van der Waals surface area contributed by atoms with Crippen molar-refractivity contribution in [1.29, 1.82) is 0 Å². The maximum absolute atomic E-state index is 5.89. The Labute approximate surface area is 146 Å². The van der Waals surface area contributed by atoms with E-state index in [1.165, 1.54) is 41.6 Å². The summed E-state index contributed by atoms with van der Waals surface area (Å²) in [6, 6.07) is 6.38. The lowest BCUT2D eigenvalue weighted by Crippen LogP contribution is -1.99. The summed E-state index contributed by atoms with van der Waals surface area (Å²) in [5, 5.41) is 7.30. The average molecular weight is 337 g/mol. The normalized spacial score (nSPS) is 10.4. The fourth-order valence-corrected chi connectivity index (χ4v) is 2.74. The van der Waals surface area contributed by atoms with Gasteiger partial charge in [-0.25, -0.2) is 0 Å². The van der Waals surface area contributed by atoms with Crippen molar-refractivity contribution in [2.45, 2.75) is 59.8 Å². The number of benzene rings is 1. The van der Waals surface area contributed by atoms with Crippen LogP contribution in [0.2, 0.25) is 0 Å². The molecule has 1 heterocycles. The van der Waals surface area contributed by atoms with Gasteiger partial charge in [-0.05, 0) is 69.7 Å². The van der Waals surface area contributed by atoms with Gasteiger partial charge in [0.25, 0.3) is 0 Å². The summed E-state index contributed by atoms with van der Waals surface area (Å²) in [4.78, 5) is 0. The molecule has 1 aromatic heterocycles. The van der Waals surface area contributed by atoms with Crippen LogP contribution in [0.5, 0.6) is 5.75 Å². The average Bonchev–Trinajstić information content (AvgIpc) is 2.81. The summed E-state index contributed by atoms with van der Waals surface area (Å²) >= 11 is 0. The number of hydrogen-bond acceptors (Lipinski definition) is 2. The molecule has 23 heavy (non-hydrogen) atoms. The Balaban J connectivity index is 0.00000264. The van der Waals surface area contributed by atoms with Gasteiger partial charge in [0.15, 0.2) is 0 Å². The number of H-pyrrole nitrogens is 1. The molecule has 0 saturated carbocycles. The van der Waals surface area contributed by atoms with Crippen LogP contribution in [0.25, 0.3) is 0 Å². The molecular weight excluding hydrogens is 308 g/mol. The van der Waals surface area contributed by atoms with Crippen molar-refractivity contribution < 1.29 is 4.74 Å². The molecule has 0 saturated heterocycles. The quantitative estimate of drug-likeness (QED) is 0.669. The van der Waals surface area contributed by atoms with E-state index < -0.39 is 0 Å². The summed E-state index contributed by atoms with van der Waals surface area (Å²) in [5.41, 5.74) is 6.24. The minimum atomic E-state index is 0. The summed E-state index contributed by atoms with van der Waals surface area (Å²) < 4.78 is 5.89. The van der Waals surface area contributed by atoms with Crippen LogP contribution in [0.1, 0.15) is 53.8 Å². The van der Waals surface area contributed by atoms with Crippen LogP contribution in [-0.2, 0) is 6.42 Å². The molecule has 3 nitrogen and oxygen atoms in total. The summed E-state index contributed by atoms with van der Waals surface area (Å²) in [6.45, 7) is 9.20. The Bertz CT molecular complexity index is 588. The SMILES string of the molecule is Cc1ccc(C)c(OCCCCCCc2c(C)n[nH]c2C)c1.Cl. The van der Waals surface area contributed by atoms with Crippen LogP contribution in [0.4, 0.5) is 0 Å². The Morgan fingerprint density at radius 1 is 1.00 bits per heavy atom. The van der Waals surface area contributed by atoms with Crippen molar-refractivity contribution in [3.63, 3.8) is 0 Å². The highest BCUT2D eigenvalue weighted by molar-refractivity contribution is 5.85. The number of nitrogens with one attached hydrogen (secondary N) is 1. The molecule has 0 atom stereocenters. The first kappa shape index (κ1) is 19.6. The number of aromatic nitrogens is 2. The molecule has 0 unspecified atom stereocenters. The van der Waals surface area contributed by atoms with E-state index in [0.29, 0.717) is 0 Å². The number of aromatic amines is 1. The highest BCUT2D eigenvalue weighted by Gasteiger charge is 2.05. The highest BCUT2D eigenvalue weighted by atomic mass is 35.5. The molecule has 0 aliphatic heterocycles. The number of halogens is 1. The molecule has 0 bridgehead atoms. The Hall–Kier alpha value is -1.48. The first-order chi connectivity index (χ1) is 10.6. The monoisotopic (exact) mass is 336 g/mol. The standard InChI is InChI=1S/C19H28N2O.ClH/c1-14-10-11-15(2)19(13-14)22-12-8-6-5-7-9-18-16(3)20-21-17(18)4;/h10-11,13H,5-9,12H2,1-4H3,(H,20,21);1H. The highest BCUT2D eigenvalue weighted by Crippen LogP contribution is 2.19. The first-order valence-corrected chi connectivity index (χ1v) is 8.28. The van der Waals surface area contributed by atoms with E-state index in [4.69, 9.17) is 4.74 Å². The molecule has 128 valence electrons. The molecule has 2 rings (SSSR count). The topological polar surface area (TPSA) is 37.9 Å². The molecule has 0 amide bonds. The predicted molar refractivity (Wildman–Crippen MR) is 98.9 cm³/mol. The van der Waals surface area contributed by atoms with Crippen LogP contribution < -0.4 is 4.74 Å². The maximum Gasteiger partial charge on any atom is 0.122 e. The van der Waals surface area contributed by atoms with Crippen molar-refractivity contribution in [1.82, 2.24) is 10.2 Å². The lowest BCUT2D eigenvalue weighted by molar-refractivity contribution is 0.302. The second-order valence-electron chi connectivity index (χ2n) is 6.19. The van der Waals surface area contributed by atoms with Gasteiger partial charge in [-0.1, -0.05) is 25.0 Å². The molecule has 4 heteroatoms. The van der Waals surface area contributed by atoms with Gasteiger partial charge in [0.2, 0.25) is 0 Å². The van der Waals surface area contributed by atoms with Gasteiger partial charge in [0.05, 0.1) is 12.3 Å². The van der Waals surface area contributed by atoms with E-state index >= 15 is 0 Å². The molecule has 0 aliphatic rings. The Morgan fingerprint density at radius 2 is 1.74 bits per heavy atom. The van der Waals surface area contributed by atoms with Crippen molar-refractivity contribution in [2.24, 2.45) is 0 Å². The van der Waals surface area contributed by atoms with E-state index in [-0.39, 0.29) is 12.4 Å². The summed E-state index contributed by atoms with van der Waals surface area (Å²) in [5.74, 6) is 1.03. The van der Waals surface area contributed by atoms with Gasteiger partial charge in [0, 0.05) is 5.69 Å². The fourth-order valence-electron chi connectivity index (χ4n) is 2.74. The molecular formula is C19H29ClN2O. The van der Waals surface area contributed by atoms with Crippen molar-refractivity contribution in [2.75, 3.05) is 6.61 Å². The van der Waals surface area contributed by atoms with Gasteiger partial charge < -0.3 is 4.74 Å². The van der Waals surface area contributed by atoms with E-state index in [2.05, 4.69) is 56.1 Å². The number of aryl methyl sites for hydroxylation is 4. The zero-order valence-corrected chi connectivity index (χ0v) is 15.6. The number of nitrogens with zero attached hydrogens (tertiary/aromatic N) is 1. The van der Waals surface area contributed by atoms with Crippen LogP contribution >= 0.6 is 12.4 Å². The van der Waals surface area contributed by atoms with E-state index in [1.54, 1.807) is 0 Å². The molecule has 1 N–H and O–H groups in total. The Kier molecular flexibility index (Phi) is 8.18. The first-order valence-electron chi connectivity index (χ1n) is 8.28. The van der Waals surface area contributed by atoms with Crippen molar-refractivity contribution >= 4 is 12.4 Å². The lowest BCUT2D eigenvalue weighted by Gasteiger charge is -2.10. The molecule has 1 aromatic carbocycles. The van der Waals surface area contributed by atoms with Gasteiger partial charge in [-0.15, -0.1) is 12.4 Å². The minimum absolute atomic E-state index is 0. The molecule has 0 fully saturated rings. The third-order valence-corrected chi connectivity index (χ3v) is 4.20. The zero-order chi connectivity index (χ0) is 15.9. The summed E-state index contributed by atoms with van der Waals surface area (Å²) in [6.07, 6.45) is 5.95. The number of hydrogen-bond donors (Lipinski definition) is 1. The molecule has 2 aromatic rings. The van der Waals surface area contributed by atoms with Crippen LogP contribution in [0, 0.1) is 27.7 Å². The summed E-state index contributed by atoms with van der Waals surface area (Å²) in [7, 11) is 0. The van der Waals surface area contributed by atoms with Crippen molar-refractivity contribution in [3.05, 3.63) is 46.3 Å². The van der Waals surface area contributed by atoms with E-state index in [9.17, 15) is 0 Å². The Morgan fingerprint density at radius 3 is 2.43 bits per heavy atom. The smallest absolute Gasteiger partial charge is 0.122 e. The molecule has 0 radical (unpaired) electrons. The lowest BCUT2D eigenvalue weighted by atomic mass is 10.0. The van der Waals surface area contributed by atoms with Gasteiger partial charge in [-0.3, -0.25) is 5.10 Å². The molecule has 0 aliphatic carbocycles. The van der Waals surface area contributed by atoms with E-state index in [0.717, 1.165) is 30.9 Å². The number of ether oxygens (including phenoxy) is 1. The third kappa shape index (κ3) is 5.91. The predicted octanol–water partition coefficient (Wildman–Crippen LogP) is 5.25. The maximum atomic E-state index is 5.89. The second kappa shape index (κ2) is 9.61. The third-order valence-electron chi connectivity index (χ3n) is 4.20. The van der Waals surface area contributed by atoms with E-state index in [1.807, 2.05) is 0 Å². The zero-order valence-electron chi connectivity index (χ0n) is 14.7. The van der Waals surface area contributed by atoms with Gasteiger partial charge in [-0.2, -0.15) is 5.10 Å². The second-order valence-corrected chi connectivity index (χ2v) is 6.19. The van der Waals surface area contributed by atoms with Crippen LogP contribution in [-0.4, -0.2) is 16.8 Å². The fraction of sp³-hybridized carbons (Fsp3) is 0.526. The van der Waals surface area contributed by atoms with Crippen LogP contribution in [0.3, 0.4) is 0 Å². The van der Waals surface area contributed by atoms with Crippen molar-refractivity contribution in [3.8, 4) is 5.75 Å². The minimum Gasteiger partial charge on any atom is -0.493 e. The van der Waals surface area contributed by atoms with Gasteiger partial charge >= 0.3 is 0 Å². The molecule has 0 spiro atoms. The largest absolute Gasteiger partial charge is 0.493 e. The number of unbranched alkanes of at least 4 members (excludes halogenated alkanes) is 3. The van der Waals surface area contributed by atoms with Gasteiger partial charge in [0.1, 0.15) is 5.75 Å².